The monoisotopic (exact) mass is 536 g/mol. The second-order valence-electron chi connectivity index (χ2n) is 8.94. The van der Waals surface area contributed by atoms with Crippen molar-refractivity contribution >= 4 is 46.7 Å². The van der Waals surface area contributed by atoms with Gasteiger partial charge in [-0.2, -0.15) is 0 Å². The molecule has 1 fully saturated rings. The number of anilines is 2. The average Bonchev–Trinajstić information content (AvgIpc) is 3.25. The van der Waals surface area contributed by atoms with E-state index in [0.717, 1.165) is 20.9 Å². The van der Waals surface area contributed by atoms with Crippen molar-refractivity contribution in [3.8, 4) is 11.1 Å². The maximum atomic E-state index is 13.0. The standard InChI is InChI=1S/C31H24N2O5S/c32-24-12-16-26(17-13-24)39-28-18-29(35)33(30(28)36)25-14-10-23(11-15-25)31(37)38-19-27(34)22-8-6-21(7-9-22)20-4-2-1-3-5-20/h1-17,28H,18-19,32H2. The lowest BCUT2D eigenvalue weighted by Gasteiger charge is -2.15. The van der Waals surface area contributed by atoms with E-state index >= 15 is 0 Å². The third kappa shape index (κ3) is 5.91. The molecule has 1 atom stereocenters. The summed E-state index contributed by atoms with van der Waals surface area (Å²) in [6, 6.07) is 30.0. The molecular weight excluding hydrogens is 512 g/mol. The van der Waals surface area contributed by atoms with E-state index in [9.17, 15) is 19.2 Å². The zero-order valence-corrected chi connectivity index (χ0v) is 21.6. The van der Waals surface area contributed by atoms with Crippen molar-refractivity contribution < 1.29 is 23.9 Å². The average molecular weight is 537 g/mol. The van der Waals surface area contributed by atoms with Crippen LogP contribution in [0.1, 0.15) is 27.1 Å². The summed E-state index contributed by atoms with van der Waals surface area (Å²) in [5, 5.41) is -0.543. The van der Waals surface area contributed by atoms with E-state index in [0.29, 0.717) is 16.9 Å². The van der Waals surface area contributed by atoms with Crippen molar-refractivity contribution in [3.05, 3.63) is 114 Å². The van der Waals surface area contributed by atoms with Gasteiger partial charge in [0, 0.05) is 22.6 Å². The molecule has 0 radical (unpaired) electrons. The number of hydrogen-bond donors (Lipinski definition) is 1. The van der Waals surface area contributed by atoms with Gasteiger partial charge in [-0.25, -0.2) is 9.69 Å². The van der Waals surface area contributed by atoms with Crippen LogP contribution in [0.25, 0.3) is 11.1 Å². The predicted molar refractivity (Wildman–Crippen MR) is 151 cm³/mol. The van der Waals surface area contributed by atoms with Gasteiger partial charge in [0.1, 0.15) is 0 Å². The Kier molecular flexibility index (Phi) is 7.56. The van der Waals surface area contributed by atoms with Crippen LogP contribution >= 0.6 is 11.8 Å². The fourth-order valence-corrected chi connectivity index (χ4v) is 5.26. The molecule has 1 unspecified atom stereocenters. The number of imide groups is 1. The summed E-state index contributed by atoms with van der Waals surface area (Å²) in [6.07, 6.45) is 0.0755. The number of nitrogens with zero attached hydrogens (tertiary/aromatic N) is 1. The Morgan fingerprint density at radius 3 is 2.08 bits per heavy atom. The van der Waals surface area contributed by atoms with Crippen molar-refractivity contribution in [2.45, 2.75) is 16.6 Å². The van der Waals surface area contributed by atoms with Gasteiger partial charge in [-0.3, -0.25) is 14.4 Å². The van der Waals surface area contributed by atoms with E-state index in [4.69, 9.17) is 10.5 Å². The Morgan fingerprint density at radius 1 is 0.795 bits per heavy atom. The summed E-state index contributed by atoms with van der Waals surface area (Å²) in [5.74, 6) is -1.63. The van der Waals surface area contributed by atoms with Crippen LogP contribution in [0.3, 0.4) is 0 Å². The molecule has 4 aromatic carbocycles. The number of thioether (sulfide) groups is 1. The van der Waals surface area contributed by atoms with Gasteiger partial charge in [0.15, 0.2) is 12.4 Å². The van der Waals surface area contributed by atoms with E-state index in [1.165, 1.54) is 36.0 Å². The first-order chi connectivity index (χ1) is 18.9. The lowest BCUT2D eigenvalue weighted by molar-refractivity contribution is -0.121. The highest BCUT2D eigenvalue weighted by atomic mass is 32.2. The molecule has 0 spiro atoms. The van der Waals surface area contributed by atoms with E-state index in [1.54, 1.807) is 24.3 Å². The van der Waals surface area contributed by atoms with E-state index in [-0.39, 0.29) is 29.6 Å². The fourth-order valence-electron chi connectivity index (χ4n) is 4.20. The molecule has 2 amide bonds. The van der Waals surface area contributed by atoms with Crippen LogP contribution in [-0.2, 0) is 14.3 Å². The Morgan fingerprint density at radius 2 is 1.41 bits per heavy atom. The first kappa shape index (κ1) is 25.9. The van der Waals surface area contributed by atoms with Crippen LogP contribution in [-0.4, -0.2) is 35.4 Å². The summed E-state index contributed by atoms with van der Waals surface area (Å²) in [5.41, 5.74) is 9.37. The van der Waals surface area contributed by atoms with Gasteiger partial charge in [-0.05, 0) is 59.7 Å². The number of hydrogen-bond acceptors (Lipinski definition) is 7. The Hall–Kier alpha value is -4.69. The number of carbonyl (C=O) groups is 4. The van der Waals surface area contributed by atoms with Crippen molar-refractivity contribution in [2.24, 2.45) is 0 Å². The number of amides is 2. The number of carbonyl (C=O) groups excluding carboxylic acids is 4. The van der Waals surface area contributed by atoms with Crippen LogP contribution in [0.15, 0.2) is 108 Å². The van der Waals surface area contributed by atoms with Gasteiger partial charge >= 0.3 is 5.97 Å². The molecule has 0 bridgehead atoms. The molecule has 0 aliphatic carbocycles. The van der Waals surface area contributed by atoms with Gasteiger partial charge in [-0.1, -0.05) is 54.6 Å². The number of nitrogen functional groups attached to an aromatic ring is 1. The molecule has 7 nitrogen and oxygen atoms in total. The second-order valence-corrected chi connectivity index (χ2v) is 10.2. The van der Waals surface area contributed by atoms with E-state index in [2.05, 4.69) is 0 Å². The number of ketones is 1. The van der Waals surface area contributed by atoms with E-state index in [1.807, 2.05) is 54.6 Å². The molecule has 1 aliphatic heterocycles. The Balaban J connectivity index is 1.17. The first-order valence-electron chi connectivity index (χ1n) is 12.2. The smallest absolute Gasteiger partial charge is 0.338 e. The molecule has 1 saturated heterocycles. The number of nitrogens with two attached hydrogens (primary N) is 1. The minimum atomic E-state index is -0.674. The zero-order chi connectivity index (χ0) is 27.4. The van der Waals surface area contributed by atoms with Crippen molar-refractivity contribution in [1.82, 2.24) is 0 Å². The SMILES string of the molecule is Nc1ccc(SC2CC(=O)N(c3ccc(C(=O)OCC(=O)c4ccc(-c5ccccc5)cc4)cc3)C2=O)cc1. The Bertz CT molecular complexity index is 1520. The highest BCUT2D eigenvalue weighted by Gasteiger charge is 2.40. The van der Waals surface area contributed by atoms with Crippen molar-refractivity contribution in [2.75, 3.05) is 17.2 Å². The highest BCUT2D eigenvalue weighted by molar-refractivity contribution is 8.00. The van der Waals surface area contributed by atoms with Gasteiger partial charge in [0.05, 0.1) is 16.5 Å². The highest BCUT2D eigenvalue weighted by Crippen LogP contribution is 2.34. The summed E-state index contributed by atoms with van der Waals surface area (Å²) >= 11 is 1.31. The molecule has 5 rings (SSSR count). The van der Waals surface area contributed by atoms with Gasteiger partial charge in [-0.15, -0.1) is 11.8 Å². The normalized spacial score (nSPS) is 14.9. The number of benzene rings is 4. The molecule has 2 N–H and O–H groups in total. The van der Waals surface area contributed by atoms with Gasteiger partial charge in [0.2, 0.25) is 11.8 Å². The van der Waals surface area contributed by atoms with Gasteiger partial charge < -0.3 is 10.5 Å². The number of rotatable bonds is 8. The number of ether oxygens (including phenoxy) is 1. The van der Waals surface area contributed by atoms with Crippen LogP contribution < -0.4 is 10.6 Å². The summed E-state index contributed by atoms with van der Waals surface area (Å²) in [4.78, 5) is 52.6. The van der Waals surface area contributed by atoms with Crippen molar-refractivity contribution in [1.29, 1.82) is 0 Å². The molecule has 194 valence electrons. The summed E-state index contributed by atoms with van der Waals surface area (Å²) in [6.45, 7) is -0.404. The molecule has 1 aliphatic rings. The number of esters is 1. The third-order valence-electron chi connectivity index (χ3n) is 6.27. The molecule has 39 heavy (non-hydrogen) atoms. The minimum absolute atomic E-state index is 0.0755. The van der Waals surface area contributed by atoms with Gasteiger partial charge in [0.25, 0.3) is 0 Å². The second kappa shape index (κ2) is 11.4. The molecule has 0 aromatic heterocycles. The van der Waals surface area contributed by atoms with E-state index < -0.39 is 17.8 Å². The minimum Gasteiger partial charge on any atom is -0.454 e. The molecule has 0 saturated carbocycles. The largest absolute Gasteiger partial charge is 0.454 e. The number of Topliss-reactive ketones (excluding diaryl/α,β-unsaturated/α-hetero) is 1. The van der Waals surface area contributed by atoms with Crippen LogP contribution in [0.2, 0.25) is 0 Å². The van der Waals surface area contributed by atoms with Crippen molar-refractivity contribution in [3.63, 3.8) is 0 Å². The van der Waals surface area contributed by atoms with Crippen LogP contribution in [0.4, 0.5) is 11.4 Å². The quantitative estimate of drug-likeness (QED) is 0.139. The van der Waals surface area contributed by atoms with Crippen LogP contribution in [0, 0.1) is 0 Å². The van der Waals surface area contributed by atoms with Crippen LogP contribution in [0.5, 0.6) is 0 Å². The third-order valence-corrected chi connectivity index (χ3v) is 7.47. The maximum absolute atomic E-state index is 13.0. The molecule has 8 heteroatoms. The molecule has 1 heterocycles. The molecular formula is C31H24N2O5S. The maximum Gasteiger partial charge on any atom is 0.338 e. The first-order valence-corrected chi connectivity index (χ1v) is 13.1. The lowest BCUT2D eigenvalue weighted by atomic mass is 10.0. The summed E-state index contributed by atoms with van der Waals surface area (Å²) in [7, 11) is 0. The predicted octanol–water partition coefficient (Wildman–Crippen LogP) is 5.40. The molecule has 4 aromatic rings. The zero-order valence-electron chi connectivity index (χ0n) is 20.8. The lowest BCUT2D eigenvalue weighted by Crippen LogP contribution is -2.31. The summed E-state index contributed by atoms with van der Waals surface area (Å²) < 4.78 is 5.21. The Labute approximate surface area is 229 Å². The fraction of sp³-hybridized carbons (Fsp3) is 0.0968. The topological polar surface area (TPSA) is 107 Å².